The molecule has 1 aromatic carbocycles. The van der Waals surface area contributed by atoms with Gasteiger partial charge in [0.05, 0.1) is 0 Å². The molecule has 0 saturated carbocycles. The first-order chi connectivity index (χ1) is 9.67. The third-order valence-electron chi connectivity index (χ3n) is 3.87. The van der Waals surface area contributed by atoms with E-state index >= 15 is 0 Å². The monoisotopic (exact) mass is 268 g/mol. The van der Waals surface area contributed by atoms with Crippen molar-refractivity contribution in [1.82, 2.24) is 9.97 Å². The molecular formula is C16H20N4. The lowest BCUT2D eigenvalue weighted by Gasteiger charge is -2.36. The van der Waals surface area contributed by atoms with Crippen LogP contribution in [0.1, 0.15) is 23.7 Å². The Morgan fingerprint density at radius 3 is 2.70 bits per heavy atom. The molecule has 4 nitrogen and oxygen atoms in total. The van der Waals surface area contributed by atoms with Gasteiger partial charge >= 0.3 is 0 Å². The predicted octanol–water partition coefficient (Wildman–Crippen LogP) is 2.78. The predicted molar refractivity (Wildman–Crippen MR) is 82.1 cm³/mol. The van der Waals surface area contributed by atoms with Crippen LogP contribution in [0.2, 0.25) is 0 Å². The topological polar surface area (TPSA) is 41.1 Å². The summed E-state index contributed by atoms with van der Waals surface area (Å²) in [6, 6.07) is 11.2. The van der Waals surface area contributed by atoms with Crippen LogP contribution in [0.3, 0.4) is 0 Å². The summed E-state index contributed by atoms with van der Waals surface area (Å²) in [6.07, 6.45) is 1.06. The number of aromatic nitrogens is 2. The van der Waals surface area contributed by atoms with Crippen molar-refractivity contribution in [2.75, 3.05) is 17.3 Å². The Morgan fingerprint density at radius 1 is 1.20 bits per heavy atom. The lowest BCUT2D eigenvalue weighted by Crippen LogP contribution is -2.39. The second-order valence-electron chi connectivity index (χ2n) is 5.39. The molecule has 0 amide bonds. The van der Waals surface area contributed by atoms with Crippen molar-refractivity contribution in [3.8, 4) is 0 Å². The van der Waals surface area contributed by atoms with Gasteiger partial charge in [-0.2, -0.15) is 4.98 Å². The number of aryl methyl sites for hydroxylation is 1. The van der Waals surface area contributed by atoms with Gasteiger partial charge in [0.25, 0.3) is 0 Å². The van der Waals surface area contributed by atoms with E-state index in [1.54, 1.807) is 0 Å². The SMILES string of the molecule is CNc1nc(C)cc(N2Cc3ccccc3C[C@H]2C)n1. The van der Waals surface area contributed by atoms with Gasteiger partial charge in [0.2, 0.25) is 5.95 Å². The summed E-state index contributed by atoms with van der Waals surface area (Å²) in [5, 5.41) is 3.03. The van der Waals surface area contributed by atoms with Gasteiger partial charge < -0.3 is 10.2 Å². The Bertz CT molecular complexity index is 624. The van der Waals surface area contributed by atoms with E-state index in [-0.39, 0.29) is 0 Å². The molecule has 1 aliphatic rings. The second kappa shape index (κ2) is 5.12. The highest BCUT2D eigenvalue weighted by molar-refractivity contribution is 5.49. The molecule has 1 atom stereocenters. The Balaban J connectivity index is 1.97. The van der Waals surface area contributed by atoms with Crippen molar-refractivity contribution in [3.63, 3.8) is 0 Å². The van der Waals surface area contributed by atoms with Gasteiger partial charge in [0.1, 0.15) is 5.82 Å². The van der Waals surface area contributed by atoms with Gasteiger partial charge in [-0.3, -0.25) is 0 Å². The highest BCUT2D eigenvalue weighted by Gasteiger charge is 2.24. The normalized spacial score (nSPS) is 17.8. The molecule has 0 aliphatic carbocycles. The van der Waals surface area contributed by atoms with E-state index in [1.807, 2.05) is 14.0 Å². The molecule has 2 heterocycles. The number of fused-ring (bicyclic) bond motifs is 1. The van der Waals surface area contributed by atoms with Crippen LogP contribution in [-0.4, -0.2) is 23.1 Å². The minimum atomic E-state index is 0.448. The molecule has 3 rings (SSSR count). The number of anilines is 2. The first kappa shape index (κ1) is 12.9. The zero-order valence-corrected chi connectivity index (χ0v) is 12.2. The average molecular weight is 268 g/mol. The second-order valence-corrected chi connectivity index (χ2v) is 5.39. The molecule has 0 unspecified atom stereocenters. The quantitative estimate of drug-likeness (QED) is 0.909. The maximum Gasteiger partial charge on any atom is 0.224 e. The van der Waals surface area contributed by atoms with Gasteiger partial charge in [-0.15, -0.1) is 0 Å². The molecule has 1 aromatic heterocycles. The van der Waals surface area contributed by atoms with Gasteiger partial charge in [-0.25, -0.2) is 4.98 Å². The fourth-order valence-corrected chi connectivity index (χ4v) is 2.80. The van der Waals surface area contributed by atoms with E-state index in [4.69, 9.17) is 0 Å². The Labute approximate surface area is 119 Å². The molecule has 4 heteroatoms. The van der Waals surface area contributed by atoms with Crippen LogP contribution in [0.5, 0.6) is 0 Å². The third-order valence-corrected chi connectivity index (χ3v) is 3.87. The van der Waals surface area contributed by atoms with E-state index < -0.39 is 0 Å². The molecule has 0 spiro atoms. The zero-order chi connectivity index (χ0) is 14.1. The number of nitrogens with one attached hydrogen (secondary N) is 1. The largest absolute Gasteiger partial charge is 0.357 e. The lowest BCUT2D eigenvalue weighted by molar-refractivity contribution is 0.586. The zero-order valence-electron chi connectivity index (χ0n) is 12.2. The Kier molecular flexibility index (Phi) is 3.30. The number of rotatable bonds is 2. The number of hydrogen-bond donors (Lipinski definition) is 1. The molecular weight excluding hydrogens is 248 g/mol. The maximum absolute atomic E-state index is 4.60. The number of benzene rings is 1. The summed E-state index contributed by atoms with van der Waals surface area (Å²) in [7, 11) is 1.85. The van der Waals surface area contributed by atoms with Crippen LogP contribution < -0.4 is 10.2 Å². The van der Waals surface area contributed by atoms with Gasteiger partial charge in [0, 0.05) is 31.4 Å². The highest BCUT2D eigenvalue weighted by atomic mass is 15.2. The molecule has 0 bridgehead atoms. The fraction of sp³-hybridized carbons (Fsp3) is 0.375. The van der Waals surface area contributed by atoms with Crippen LogP contribution in [0, 0.1) is 6.92 Å². The molecule has 20 heavy (non-hydrogen) atoms. The van der Waals surface area contributed by atoms with Crippen molar-refractivity contribution in [2.45, 2.75) is 32.9 Å². The Hall–Kier alpha value is -2.10. The van der Waals surface area contributed by atoms with E-state index in [0.29, 0.717) is 12.0 Å². The maximum atomic E-state index is 4.60. The van der Waals surface area contributed by atoms with Crippen LogP contribution in [0.4, 0.5) is 11.8 Å². The summed E-state index contributed by atoms with van der Waals surface area (Å²) in [4.78, 5) is 11.3. The first-order valence-corrected chi connectivity index (χ1v) is 7.04. The van der Waals surface area contributed by atoms with E-state index in [2.05, 4.69) is 57.4 Å². The first-order valence-electron chi connectivity index (χ1n) is 7.04. The fourth-order valence-electron chi connectivity index (χ4n) is 2.80. The Morgan fingerprint density at radius 2 is 1.95 bits per heavy atom. The molecule has 104 valence electrons. The highest BCUT2D eigenvalue weighted by Crippen LogP contribution is 2.27. The summed E-state index contributed by atoms with van der Waals surface area (Å²) < 4.78 is 0. The number of hydrogen-bond acceptors (Lipinski definition) is 4. The molecule has 2 aromatic rings. The molecule has 0 radical (unpaired) electrons. The van der Waals surface area contributed by atoms with Crippen LogP contribution >= 0.6 is 0 Å². The van der Waals surface area contributed by atoms with Crippen LogP contribution in [-0.2, 0) is 13.0 Å². The number of nitrogens with zero attached hydrogens (tertiary/aromatic N) is 3. The van der Waals surface area contributed by atoms with Crippen LogP contribution in [0.25, 0.3) is 0 Å². The lowest BCUT2D eigenvalue weighted by atomic mass is 9.95. The molecule has 1 aliphatic heterocycles. The molecule has 0 fully saturated rings. The summed E-state index contributed by atoms with van der Waals surface area (Å²) in [6.45, 7) is 5.18. The standard InChI is InChI=1S/C16H20N4/c1-11-8-15(19-16(17-3)18-11)20-10-14-7-5-4-6-13(14)9-12(20)2/h4-8,12H,9-10H2,1-3H3,(H,17,18,19)/t12-/m1/s1. The smallest absolute Gasteiger partial charge is 0.224 e. The molecule has 1 N–H and O–H groups in total. The minimum absolute atomic E-state index is 0.448. The van der Waals surface area contributed by atoms with Crippen molar-refractivity contribution in [3.05, 3.63) is 47.2 Å². The van der Waals surface area contributed by atoms with Crippen LogP contribution in [0.15, 0.2) is 30.3 Å². The van der Waals surface area contributed by atoms with Crippen molar-refractivity contribution in [1.29, 1.82) is 0 Å². The summed E-state index contributed by atoms with van der Waals surface area (Å²) in [5.41, 5.74) is 3.84. The van der Waals surface area contributed by atoms with Crippen molar-refractivity contribution in [2.24, 2.45) is 0 Å². The van der Waals surface area contributed by atoms with Gasteiger partial charge in [-0.1, -0.05) is 24.3 Å². The van der Waals surface area contributed by atoms with Gasteiger partial charge in [0.15, 0.2) is 0 Å². The molecule has 0 saturated heterocycles. The van der Waals surface area contributed by atoms with E-state index in [9.17, 15) is 0 Å². The van der Waals surface area contributed by atoms with Crippen molar-refractivity contribution >= 4 is 11.8 Å². The average Bonchev–Trinajstić information content (AvgIpc) is 2.45. The summed E-state index contributed by atoms with van der Waals surface area (Å²) in [5.74, 6) is 1.69. The summed E-state index contributed by atoms with van der Waals surface area (Å²) >= 11 is 0. The van der Waals surface area contributed by atoms with E-state index in [1.165, 1.54) is 11.1 Å². The van der Waals surface area contributed by atoms with Gasteiger partial charge in [-0.05, 0) is 31.4 Å². The van der Waals surface area contributed by atoms with Crippen molar-refractivity contribution < 1.29 is 0 Å². The third kappa shape index (κ3) is 2.33. The minimum Gasteiger partial charge on any atom is -0.357 e. The van der Waals surface area contributed by atoms with E-state index in [0.717, 1.165) is 24.5 Å².